The number of hydrogen-bond donors (Lipinski definition) is 0. The van der Waals surface area contributed by atoms with Gasteiger partial charge in [0.2, 0.25) is 0 Å². The summed E-state index contributed by atoms with van der Waals surface area (Å²) in [6.45, 7) is 9.37. The average molecular weight is 442 g/mol. The smallest absolute Gasteiger partial charge is 0.0130 e. The van der Waals surface area contributed by atoms with E-state index in [-0.39, 0.29) is 32.9 Å². The van der Waals surface area contributed by atoms with Crippen molar-refractivity contribution in [1.29, 1.82) is 0 Å². The van der Waals surface area contributed by atoms with E-state index in [1.807, 2.05) is 0 Å². The first-order valence-electron chi connectivity index (χ1n) is 10.7. The van der Waals surface area contributed by atoms with Gasteiger partial charge in [0.25, 0.3) is 0 Å². The molecule has 4 aliphatic rings. The first-order chi connectivity index (χ1) is 12.7. The molecule has 0 unspecified atom stereocenters. The zero-order valence-corrected chi connectivity index (χ0v) is 20.3. The molecule has 0 saturated carbocycles. The quantitative estimate of drug-likeness (QED) is 0.288. The van der Waals surface area contributed by atoms with Crippen molar-refractivity contribution in [2.75, 3.05) is 0 Å². The molecular formula is C24H36FeP2. The number of hydrogen-bond acceptors (Lipinski definition) is 0. The van der Waals surface area contributed by atoms with Crippen LogP contribution in [0.4, 0.5) is 0 Å². The van der Waals surface area contributed by atoms with Crippen LogP contribution in [-0.2, 0) is 17.1 Å². The summed E-state index contributed by atoms with van der Waals surface area (Å²) in [4.78, 5) is 0. The van der Waals surface area contributed by atoms with E-state index < -0.39 is 0 Å². The molecule has 2 radical (unpaired) electrons. The molecule has 0 bridgehead atoms. The Kier molecular flexibility index (Phi) is 10.1. The Bertz CT molecular complexity index is 517. The van der Waals surface area contributed by atoms with E-state index in [1.54, 1.807) is 10.6 Å². The van der Waals surface area contributed by atoms with E-state index in [2.05, 4.69) is 77.0 Å². The molecule has 150 valence electrons. The van der Waals surface area contributed by atoms with E-state index >= 15 is 0 Å². The molecule has 3 heteroatoms. The first kappa shape index (κ1) is 23.6. The van der Waals surface area contributed by atoms with E-state index in [1.165, 1.54) is 38.5 Å². The molecule has 0 N–H and O–H groups in total. The summed E-state index contributed by atoms with van der Waals surface area (Å²) >= 11 is 0. The molecule has 0 spiro atoms. The molecule has 0 nitrogen and oxygen atoms in total. The Morgan fingerprint density at radius 2 is 0.963 bits per heavy atom. The van der Waals surface area contributed by atoms with Crippen LogP contribution >= 0.6 is 15.8 Å². The maximum Gasteiger partial charge on any atom is 0.0130 e. The van der Waals surface area contributed by atoms with E-state index in [0.717, 1.165) is 22.6 Å². The van der Waals surface area contributed by atoms with Gasteiger partial charge in [-0.3, -0.25) is 0 Å². The maximum absolute atomic E-state index is 2.34. The van der Waals surface area contributed by atoms with Crippen molar-refractivity contribution in [2.45, 2.75) is 88.9 Å². The SMILES string of the molecule is CC[C@H]1C[C@H](CC)P1C1=CC=C[CH]1.CC[C@H]1C[C@H](CC)P1C1=CC=C[CH]1.[Fe]. The van der Waals surface area contributed by atoms with Crippen LogP contribution in [0, 0.1) is 12.8 Å². The molecule has 0 amide bonds. The normalized spacial score (nSPS) is 32.0. The standard InChI is InChI=1S/2C12H18P.Fe/c2*1-3-10-9-11(4-2)13(10)12-7-5-6-8-12;/h2*5-8,10-11H,3-4,9H2,1-2H3;/t2*10-,11-;/m00./s1. The zero-order chi connectivity index (χ0) is 18.5. The van der Waals surface area contributed by atoms with Crippen LogP contribution in [0.15, 0.2) is 47.1 Å². The van der Waals surface area contributed by atoms with Gasteiger partial charge in [-0.2, -0.15) is 0 Å². The van der Waals surface area contributed by atoms with Gasteiger partial charge in [-0.15, -0.1) is 0 Å². The van der Waals surface area contributed by atoms with Crippen LogP contribution in [0.1, 0.15) is 66.2 Å². The second kappa shape index (κ2) is 11.5. The summed E-state index contributed by atoms with van der Waals surface area (Å²) < 4.78 is 0. The van der Waals surface area contributed by atoms with Crippen molar-refractivity contribution in [2.24, 2.45) is 0 Å². The van der Waals surface area contributed by atoms with Gasteiger partial charge in [-0.25, -0.2) is 0 Å². The monoisotopic (exact) mass is 442 g/mol. The van der Waals surface area contributed by atoms with Gasteiger partial charge in [0.15, 0.2) is 0 Å². The number of rotatable bonds is 6. The summed E-state index contributed by atoms with van der Waals surface area (Å²) in [6, 6.07) is 0. The molecule has 2 fully saturated rings. The Labute approximate surface area is 181 Å². The molecule has 0 aromatic carbocycles. The largest absolute Gasteiger partial charge is 0.0760 e. The van der Waals surface area contributed by atoms with Crippen LogP contribution in [0.3, 0.4) is 0 Å². The Balaban J connectivity index is 0.000000187. The van der Waals surface area contributed by atoms with Crippen LogP contribution in [0.2, 0.25) is 0 Å². The molecule has 2 heterocycles. The van der Waals surface area contributed by atoms with Gasteiger partial charge >= 0.3 is 0 Å². The van der Waals surface area contributed by atoms with Crippen molar-refractivity contribution in [1.82, 2.24) is 0 Å². The molecule has 2 aliphatic heterocycles. The molecule has 0 aromatic heterocycles. The first-order valence-corrected chi connectivity index (χ1v) is 13.7. The van der Waals surface area contributed by atoms with Gasteiger partial charge in [0.05, 0.1) is 0 Å². The third-order valence-electron chi connectivity index (χ3n) is 6.43. The van der Waals surface area contributed by atoms with Crippen molar-refractivity contribution in [3.63, 3.8) is 0 Å². The fourth-order valence-corrected chi connectivity index (χ4v) is 11.4. The van der Waals surface area contributed by atoms with Gasteiger partial charge < -0.3 is 0 Å². The van der Waals surface area contributed by atoms with E-state index in [4.69, 9.17) is 0 Å². The van der Waals surface area contributed by atoms with Crippen molar-refractivity contribution >= 4 is 15.8 Å². The predicted molar refractivity (Wildman–Crippen MR) is 122 cm³/mol. The van der Waals surface area contributed by atoms with Gasteiger partial charge in [-0.1, -0.05) is 80.0 Å². The van der Waals surface area contributed by atoms with Crippen LogP contribution in [0.5, 0.6) is 0 Å². The molecular weight excluding hydrogens is 406 g/mol. The van der Waals surface area contributed by atoms with Gasteiger partial charge in [0, 0.05) is 29.9 Å². The third kappa shape index (κ3) is 5.28. The summed E-state index contributed by atoms with van der Waals surface area (Å²) in [5.74, 6) is 0. The second-order valence-corrected chi connectivity index (χ2v) is 13.4. The molecule has 27 heavy (non-hydrogen) atoms. The summed E-state index contributed by atoms with van der Waals surface area (Å²) in [5, 5.41) is 3.31. The molecule has 2 aliphatic carbocycles. The fourth-order valence-electron chi connectivity index (χ4n) is 4.77. The topological polar surface area (TPSA) is 0 Å². The molecule has 2 saturated heterocycles. The fraction of sp³-hybridized carbons (Fsp3) is 0.583. The summed E-state index contributed by atoms with van der Waals surface area (Å²) in [5.41, 5.74) is 4.12. The molecule has 0 aromatic rings. The minimum atomic E-state index is 0. The Morgan fingerprint density at radius 1 is 0.630 bits per heavy atom. The Morgan fingerprint density at radius 3 is 1.19 bits per heavy atom. The van der Waals surface area contributed by atoms with Crippen molar-refractivity contribution in [3.05, 3.63) is 59.9 Å². The van der Waals surface area contributed by atoms with Crippen molar-refractivity contribution in [3.8, 4) is 0 Å². The molecule has 4 rings (SSSR count). The van der Waals surface area contributed by atoms with E-state index in [0.29, 0.717) is 0 Å². The van der Waals surface area contributed by atoms with Crippen molar-refractivity contribution < 1.29 is 17.1 Å². The zero-order valence-electron chi connectivity index (χ0n) is 17.4. The van der Waals surface area contributed by atoms with Crippen LogP contribution < -0.4 is 0 Å². The third-order valence-corrected chi connectivity index (χ3v) is 13.7. The Hall–Kier alpha value is 0.339. The number of allylic oxidation sites excluding steroid dienone is 8. The summed E-state index contributed by atoms with van der Waals surface area (Å²) in [7, 11) is 0.434. The van der Waals surface area contributed by atoms with Gasteiger partial charge in [-0.05, 0) is 71.8 Å². The van der Waals surface area contributed by atoms with Crippen LogP contribution in [0.25, 0.3) is 0 Å². The van der Waals surface area contributed by atoms with Crippen LogP contribution in [-0.4, -0.2) is 22.6 Å². The average Bonchev–Trinajstić information content (AvgIpc) is 3.30. The van der Waals surface area contributed by atoms with Gasteiger partial charge in [0.1, 0.15) is 0 Å². The predicted octanol–water partition coefficient (Wildman–Crippen LogP) is 8.17. The maximum atomic E-state index is 2.34. The summed E-state index contributed by atoms with van der Waals surface area (Å²) in [6.07, 6.45) is 26.6. The van der Waals surface area contributed by atoms with E-state index in [9.17, 15) is 0 Å². The minimum Gasteiger partial charge on any atom is -0.0760 e. The minimum absolute atomic E-state index is 0. The second-order valence-electron chi connectivity index (χ2n) is 7.82. The molecule has 4 atom stereocenters.